The van der Waals surface area contributed by atoms with Gasteiger partial charge in [-0.05, 0) is 68.1 Å². The topological polar surface area (TPSA) is 75.7 Å². The highest BCUT2D eigenvalue weighted by atomic mass is 79.9. The Morgan fingerprint density at radius 3 is 2.45 bits per heavy atom. The minimum absolute atomic E-state index is 0.139. The van der Waals surface area contributed by atoms with Gasteiger partial charge in [-0.1, -0.05) is 28.1 Å². The van der Waals surface area contributed by atoms with Crippen LogP contribution in [0.15, 0.2) is 51.8 Å². The largest absolute Gasteiger partial charge is 0.484 e. The third kappa shape index (κ3) is 5.38. The summed E-state index contributed by atoms with van der Waals surface area (Å²) in [6, 6.07) is 12.4. The van der Waals surface area contributed by atoms with Crippen molar-refractivity contribution in [1.29, 1.82) is 0 Å². The number of benzene rings is 2. The molecule has 1 N–H and O–H groups in total. The minimum atomic E-state index is -3.46. The van der Waals surface area contributed by atoms with Crippen molar-refractivity contribution in [3.05, 3.63) is 58.1 Å². The molecular weight excluding hydrogens is 456 g/mol. The second kappa shape index (κ2) is 9.28. The minimum Gasteiger partial charge on any atom is -0.484 e. The van der Waals surface area contributed by atoms with Crippen LogP contribution in [0.25, 0.3) is 0 Å². The first-order chi connectivity index (χ1) is 13.8. The molecule has 156 valence electrons. The van der Waals surface area contributed by atoms with E-state index in [0.29, 0.717) is 24.4 Å². The zero-order valence-corrected chi connectivity index (χ0v) is 18.9. The number of carbonyl (C=O) groups is 1. The first-order valence-electron chi connectivity index (χ1n) is 9.56. The summed E-state index contributed by atoms with van der Waals surface area (Å²) in [5.74, 6) is 0.255. The van der Waals surface area contributed by atoms with Gasteiger partial charge in [0.15, 0.2) is 6.61 Å². The highest BCUT2D eigenvalue weighted by molar-refractivity contribution is 9.10. The van der Waals surface area contributed by atoms with Gasteiger partial charge >= 0.3 is 0 Å². The number of amides is 1. The van der Waals surface area contributed by atoms with Crippen molar-refractivity contribution >= 4 is 31.9 Å². The first kappa shape index (κ1) is 21.8. The van der Waals surface area contributed by atoms with E-state index in [9.17, 15) is 13.2 Å². The summed E-state index contributed by atoms with van der Waals surface area (Å²) in [5.41, 5.74) is 1.67. The molecular formula is C21H25BrN2O4S. The monoisotopic (exact) mass is 480 g/mol. The third-order valence-corrected chi connectivity index (χ3v) is 7.38. The molecule has 1 amide bonds. The summed E-state index contributed by atoms with van der Waals surface area (Å²) in [7, 11) is -3.46. The Bertz CT molecular complexity index is 971. The average molecular weight is 481 g/mol. The van der Waals surface area contributed by atoms with Gasteiger partial charge in [0.25, 0.3) is 5.91 Å². The van der Waals surface area contributed by atoms with E-state index >= 15 is 0 Å². The lowest BCUT2D eigenvalue weighted by molar-refractivity contribution is -0.123. The van der Waals surface area contributed by atoms with Gasteiger partial charge in [-0.3, -0.25) is 4.79 Å². The van der Waals surface area contributed by atoms with E-state index < -0.39 is 10.0 Å². The molecule has 1 saturated heterocycles. The highest BCUT2D eigenvalue weighted by Crippen LogP contribution is 2.26. The number of aryl methyl sites for hydroxylation is 1. The summed E-state index contributed by atoms with van der Waals surface area (Å²) < 4.78 is 33.4. The van der Waals surface area contributed by atoms with Crippen LogP contribution in [0.2, 0.25) is 0 Å². The lowest BCUT2D eigenvalue weighted by atomic mass is 10.1. The predicted molar refractivity (Wildman–Crippen MR) is 115 cm³/mol. The number of ether oxygens (including phenoxy) is 1. The Morgan fingerprint density at radius 1 is 1.17 bits per heavy atom. The van der Waals surface area contributed by atoms with Crippen LogP contribution in [-0.2, 0) is 14.8 Å². The van der Waals surface area contributed by atoms with Gasteiger partial charge in [0.2, 0.25) is 10.0 Å². The fraction of sp³-hybridized carbons (Fsp3) is 0.381. The summed E-state index contributed by atoms with van der Waals surface area (Å²) in [4.78, 5) is 12.5. The van der Waals surface area contributed by atoms with E-state index in [-0.39, 0.29) is 23.5 Å². The molecule has 1 aliphatic rings. The van der Waals surface area contributed by atoms with Gasteiger partial charge < -0.3 is 10.1 Å². The molecule has 2 aromatic carbocycles. The Morgan fingerprint density at radius 2 is 1.83 bits per heavy atom. The normalized spacial score (nSPS) is 15.8. The quantitative estimate of drug-likeness (QED) is 0.653. The molecule has 6 nitrogen and oxygen atoms in total. The second-order valence-corrected chi connectivity index (χ2v) is 10.0. The Balaban J connectivity index is 1.59. The van der Waals surface area contributed by atoms with Crippen LogP contribution in [0.5, 0.6) is 5.75 Å². The van der Waals surface area contributed by atoms with Crippen LogP contribution in [0, 0.1) is 6.92 Å². The van der Waals surface area contributed by atoms with Gasteiger partial charge in [-0.15, -0.1) is 0 Å². The molecule has 2 aromatic rings. The fourth-order valence-electron chi connectivity index (χ4n) is 3.28. The van der Waals surface area contributed by atoms with Gasteiger partial charge in [-0.25, -0.2) is 8.42 Å². The third-order valence-electron chi connectivity index (χ3n) is 4.96. The molecule has 1 heterocycles. The lowest BCUT2D eigenvalue weighted by Gasteiger charge is -2.17. The van der Waals surface area contributed by atoms with Crippen molar-refractivity contribution in [2.45, 2.75) is 37.6 Å². The van der Waals surface area contributed by atoms with Crippen molar-refractivity contribution in [1.82, 2.24) is 9.62 Å². The van der Waals surface area contributed by atoms with Gasteiger partial charge in [0.05, 0.1) is 10.9 Å². The zero-order chi connectivity index (χ0) is 21.0. The number of nitrogens with zero attached hydrogens (tertiary/aromatic N) is 1. The summed E-state index contributed by atoms with van der Waals surface area (Å²) in [6.07, 6.45) is 1.79. The van der Waals surface area contributed by atoms with Gasteiger partial charge in [-0.2, -0.15) is 4.31 Å². The van der Waals surface area contributed by atoms with Crippen LogP contribution in [-0.4, -0.2) is 38.3 Å². The Kier molecular flexibility index (Phi) is 6.97. The number of hydrogen-bond acceptors (Lipinski definition) is 4. The number of halogens is 1. The predicted octanol–water partition coefficient (Wildman–Crippen LogP) is 3.80. The van der Waals surface area contributed by atoms with Gasteiger partial charge in [0, 0.05) is 17.6 Å². The first-order valence-corrected chi connectivity index (χ1v) is 11.8. The van der Waals surface area contributed by atoms with E-state index in [4.69, 9.17) is 4.74 Å². The van der Waals surface area contributed by atoms with Crippen molar-refractivity contribution in [3.63, 3.8) is 0 Å². The average Bonchev–Trinajstić information content (AvgIpc) is 3.23. The van der Waals surface area contributed by atoms with Crippen molar-refractivity contribution in [2.75, 3.05) is 19.7 Å². The molecule has 1 aliphatic heterocycles. The molecule has 29 heavy (non-hydrogen) atoms. The molecule has 1 atom stereocenters. The number of rotatable bonds is 7. The summed E-state index contributed by atoms with van der Waals surface area (Å²) >= 11 is 3.39. The highest BCUT2D eigenvalue weighted by Gasteiger charge is 2.27. The summed E-state index contributed by atoms with van der Waals surface area (Å²) in [6.45, 7) is 4.68. The molecule has 0 unspecified atom stereocenters. The molecule has 0 aliphatic carbocycles. The number of carbonyl (C=O) groups excluding carboxylic acids is 1. The van der Waals surface area contributed by atoms with E-state index in [1.807, 2.05) is 31.2 Å². The Hall–Kier alpha value is -1.90. The number of sulfonamides is 1. The standard InChI is InChI=1S/C21H25BrN2O4S/c1-15-13-19(29(26,27)24-11-3-4-12-24)9-10-20(15)28-14-21(25)23-16(2)17-5-7-18(22)8-6-17/h5-10,13,16H,3-4,11-12,14H2,1-2H3,(H,23,25)/t16-/m1/s1. The lowest BCUT2D eigenvalue weighted by Crippen LogP contribution is -2.31. The van der Waals surface area contributed by atoms with Crippen molar-refractivity contribution < 1.29 is 17.9 Å². The van der Waals surface area contributed by atoms with E-state index in [1.165, 1.54) is 4.31 Å². The maximum Gasteiger partial charge on any atom is 0.258 e. The Labute approximate surface area is 180 Å². The zero-order valence-electron chi connectivity index (χ0n) is 16.5. The van der Waals surface area contributed by atoms with Crippen LogP contribution in [0.1, 0.15) is 36.9 Å². The second-order valence-electron chi connectivity index (χ2n) is 7.17. The van der Waals surface area contributed by atoms with Crippen LogP contribution in [0.3, 0.4) is 0 Å². The maximum atomic E-state index is 12.7. The van der Waals surface area contributed by atoms with Crippen LogP contribution in [0.4, 0.5) is 0 Å². The van der Waals surface area contributed by atoms with Crippen molar-refractivity contribution in [2.24, 2.45) is 0 Å². The van der Waals surface area contributed by atoms with E-state index in [2.05, 4.69) is 21.2 Å². The van der Waals surface area contributed by atoms with Crippen LogP contribution >= 0.6 is 15.9 Å². The fourth-order valence-corrected chi connectivity index (χ4v) is 5.15. The molecule has 1 fully saturated rings. The molecule has 0 spiro atoms. The molecule has 3 rings (SSSR count). The van der Waals surface area contributed by atoms with E-state index in [0.717, 1.165) is 22.9 Å². The molecule has 0 saturated carbocycles. The number of hydrogen-bond donors (Lipinski definition) is 1. The van der Waals surface area contributed by atoms with Crippen LogP contribution < -0.4 is 10.1 Å². The SMILES string of the molecule is Cc1cc(S(=O)(=O)N2CCCC2)ccc1OCC(=O)N[C@H](C)c1ccc(Br)cc1. The summed E-state index contributed by atoms with van der Waals surface area (Å²) in [5, 5.41) is 2.90. The smallest absolute Gasteiger partial charge is 0.258 e. The molecule has 0 aromatic heterocycles. The maximum absolute atomic E-state index is 12.7. The molecule has 0 radical (unpaired) electrons. The molecule has 0 bridgehead atoms. The van der Waals surface area contributed by atoms with Gasteiger partial charge in [0.1, 0.15) is 5.75 Å². The number of nitrogens with one attached hydrogen (secondary N) is 1. The van der Waals surface area contributed by atoms with Crippen molar-refractivity contribution in [3.8, 4) is 5.75 Å². The molecule has 8 heteroatoms. The van der Waals surface area contributed by atoms with E-state index in [1.54, 1.807) is 25.1 Å².